The molecule has 0 atom stereocenters. The maximum absolute atomic E-state index is 9.42. The average Bonchev–Trinajstić information content (AvgIpc) is 3.53. The molecule has 200 valence electrons. The van der Waals surface area contributed by atoms with Gasteiger partial charge in [0.1, 0.15) is 11.2 Å². The molecule has 0 saturated carbocycles. The van der Waals surface area contributed by atoms with Crippen LogP contribution in [0.4, 0.5) is 0 Å². The van der Waals surface area contributed by atoms with Gasteiger partial charge in [0.2, 0.25) is 0 Å². The van der Waals surface area contributed by atoms with Gasteiger partial charge in [-0.1, -0.05) is 139 Å². The summed E-state index contributed by atoms with van der Waals surface area (Å²) in [6, 6.07) is 31.5. The van der Waals surface area contributed by atoms with Crippen LogP contribution in [0, 0.1) is 0 Å². The Kier molecular flexibility index (Phi) is 3.80. The molecule has 0 saturated heterocycles. The van der Waals surface area contributed by atoms with E-state index < -0.39 is 24.2 Å². The minimum Gasteiger partial charge on any atom is -0.456 e. The molecule has 1 aromatic heterocycles. The fourth-order valence-corrected chi connectivity index (χ4v) is 6.45. The Bertz CT molecular complexity index is 2870. The Hall–Kier alpha value is -5.66. The lowest BCUT2D eigenvalue weighted by Crippen LogP contribution is -1.93. The van der Waals surface area contributed by atoms with Gasteiger partial charge in [0.05, 0.1) is 11.0 Å². The molecule has 9 rings (SSSR count). The third-order valence-corrected chi connectivity index (χ3v) is 8.29. The Morgan fingerprint density at radius 3 is 1.63 bits per heavy atom. The first-order chi connectivity index (χ1) is 24.7. The van der Waals surface area contributed by atoms with Crippen molar-refractivity contribution in [2.45, 2.75) is 0 Å². The Balaban J connectivity index is 1.58. The zero-order valence-corrected chi connectivity index (χ0v) is 22.8. The van der Waals surface area contributed by atoms with Crippen molar-refractivity contribution in [3.63, 3.8) is 0 Å². The van der Waals surface area contributed by atoms with Crippen molar-refractivity contribution < 1.29 is 15.4 Å². The predicted molar refractivity (Wildman–Crippen MR) is 183 cm³/mol. The highest BCUT2D eigenvalue weighted by atomic mass is 16.3. The predicted octanol–water partition coefficient (Wildman–Crippen LogP) is 12.0. The van der Waals surface area contributed by atoms with Crippen molar-refractivity contribution in [2.24, 2.45) is 0 Å². The molecule has 0 amide bonds. The van der Waals surface area contributed by atoms with Crippen molar-refractivity contribution in [1.82, 2.24) is 0 Å². The molecule has 0 aliphatic carbocycles. The number of hydrogen-bond donors (Lipinski definition) is 0. The summed E-state index contributed by atoms with van der Waals surface area (Å²) in [6.07, 6.45) is 0. The van der Waals surface area contributed by atoms with Gasteiger partial charge in [-0.15, -0.1) is 0 Å². The van der Waals surface area contributed by atoms with Gasteiger partial charge in [-0.25, -0.2) is 0 Å². The molecule has 0 radical (unpaired) electrons. The molecule has 0 spiro atoms. The van der Waals surface area contributed by atoms with E-state index in [-0.39, 0.29) is 45.7 Å². The zero-order chi connectivity index (χ0) is 35.3. The topological polar surface area (TPSA) is 13.1 Å². The van der Waals surface area contributed by atoms with Crippen LogP contribution in [0.3, 0.4) is 0 Å². The summed E-state index contributed by atoms with van der Waals surface area (Å²) >= 11 is 0. The first-order valence-electron chi connectivity index (χ1n) is 18.1. The van der Waals surface area contributed by atoms with Crippen LogP contribution in [0.2, 0.25) is 0 Å². The van der Waals surface area contributed by atoms with Crippen molar-refractivity contribution in [1.29, 1.82) is 0 Å². The molecule has 1 heterocycles. The second kappa shape index (κ2) is 9.44. The van der Waals surface area contributed by atoms with E-state index in [9.17, 15) is 5.48 Å². The summed E-state index contributed by atoms with van der Waals surface area (Å²) in [4.78, 5) is 0. The molecule has 0 aliphatic rings. The van der Waals surface area contributed by atoms with Crippen molar-refractivity contribution in [3.8, 4) is 33.4 Å². The quantitative estimate of drug-likeness (QED) is 0.198. The molecule has 1 nitrogen and oxygen atoms in total. The van der Waals surface area contributed by atoms with Gasteiger partial charge in [0.25, 0.3) is 0 Å². The average molecular weight is 555 g/mol. The summed E-state index contributed by atoms with van der Waals surface area (Å²) in [5, 5.41) is 4.11. The van der Waals surface area contributed by atoms with Crippen LogP contribution in [0.15, 0.2) is 162 Å². The molecule has 0 fully saturated rings. The summed E-state index contributed by atoms with van der Waals surface area (Å²) < 4.78 is 79.4. The third kappa shape index (κ3) is 3.65. The zero-order valence-electron chi connectivity index (χ0n) is 30.8. The highest BCUT2D eigenvalue weighted by Gasteiger charge is 2.21. The minimum atomic E-state index is -0.438. The maximum Gasteiger partial charge on any atom is 0.136 e. The number of hydrogen-bond acceptors (Lipinski definition) is 1. The van der Waals surface area contributed by atoms with Crippen LogP contribution in [-0.2, 0) is 0 Å². The summed E-state index contributed by atoms with van der Waals surface area (Å²) in [5.74, 6) is 0. The van der Waals surface area contributed by atoms with Gasteiger partial charge >= 0.3 is 0 Å². The maximum atomic E-state index is 9.42. The standard InChI is InChI=1S/C42H26O/c1-2-13-27(14-3-1)30-17-6-7-18-31(30)40-32-19-8-10-21-34(32)41(35-22-11-9-20-33(35)40)36-23-12-24-38-42(36)37-25-28-15-4-5-16-29(28)26-39(37)43-38/h1-26H/i8D,9D,10D,11D,19D,20D,21D,22D. The van der Waals surface area contributed by atoms with Gasteiger partial charge in [0, 0.05) is 10.8 Å². The smallest absolute Gasteiger partial charge is 0.136 e. The second-order valence-electron chi connectivity index (χ2n) is 10.6. The number of fused-ring (bicyclic) bond motifs is 6. The van der Waals surface area contributed by atoms with E-state index in [1.165, 1.54) is 0 Å². The van der Waals surface area contributed by atoms with Gasteiger partial charge in [0.15, 0.2) is 0 Å². The van der Waals surface area contributed by atoms with E-state index in [0.29, 0.717) is 38.8 Å². The van der Waals surface area contributed by atoms with Crippen molar-refractivity contribution >= 4 is 54.3 Å². The van der Waals surface area contributed by atoms with Gasteiger partial charge in [-0.2, -0.15) is 0 Å². The first-order valence-corrected chi connectivity index (χ1v) is 14.1. The van der Waals surface area contributed by atoms with Gasteiger partial charge in [-0.3, -0.25) is 0 Å². The van der Waals surface area contributed by atoms with Crippen LogP contribution >= 0.6 is 0 Å². The van der Waals surface area contributed by atoms with Crippen LogP contribution in [0.25, 0.3) is 87.6 Å². The highest BCUT2D eigenvalue weighted by molar-refractivity contribution is 6.26. The van der Waals surface area contributed by atoms with Crippen LogP contribution in [0.5, 0.6) is 0 Å². The molecule has 1 heteroatoms. The fourth-order valence-electron chi connectivity index (χ4n) is 6.45. The second-order valence-corrected chi connectivity index (χ2v) is 10.6. The highest BCUT2D eigenvalue weighted by Crippen LogP contribution is 2.48. The molecule has 8 aromatic carbocycles. The SMILES string of the molecule is [2H]c1c([2H])c([2H])c2c(-c3cccc4oc5cc6ccccc6cc5c34)c3c([2H])c([2H])c([2H])c([2H])c3c(-c3ccccc3-c3ccccc3)c2c1[2H]. The van der Waals surface area contributed by atoms with E-state index in [1.807, 2.05) is 103 Å². The van der Waals surface area contributed by atoms with Crippen LogP contribution < -0.4 is 0 Å². The molecule has 43 heavy (non-hydrogen) atoms. The van der Waals surface area contributed by atoms with Crippen LogP contribution in [-0.4, -0.2) is 0 Å². The Morgan fingerprint density at radius 1 is 0.419 bits per heavy atom. The first kappa shape index (κ1) is 17.3. The van der Waals surface area contributed by atoms with Gasteiger partial charge in [-0.05, 0) is 83.9 Å². The van der Waals surface area contributed by atoms with Crippen molar-refractivity contribution in [3.05, 3.63) is 158 Å². The molecular formula is C42H26O. The molecule has 0 unspecified atom stereocenters. The summed E-state index contributed by atoms with van der Waals surface area (Å²) in [6.45, 7) is 0. The number of furan rings is 1. The van der Waals surface area contributed by atoms with Gasteiger partial charge < -0.3 is 4.42 Å². The lowest BCUT2D eigenvalue weighted by molar-refractivity contribution is 0.669. The van der Waals surface area contributed by atoms with E-state index in [1.54, 1.807) is 6.07 Å². The Morgan fingerprint density at radius 2 is 0.953 bits per heavy atom. The lowest BCUT2D eigenvalue weighted by atomic mass is 9.83. The van der Waals surface area contributed by atoms with Crippen molar-refractivity contribution in [2.75, 3.05) is 0 Å². The largest absolute Gasteiger partial charge is 0.456 e. The number of rotatable bonds is 3. The summed E-state index contributed by atoms with van der Waals surface area (Å²) in [5.41, 5.74) is 4.50. The molecule has 0 aliphatic heterocycles. The molecule has 9 aromatic rings. The Labute approximate surface area is 260 Å². The van der Waals surface area contributed by atoms with Crippen LogP contribution in [0.1, 0.15) is 11.0 Å². The van der Waals surface area contributed by atoms with E-state index in [0.717, 1.165) is 27.3 Å². The van der Waals surface area contributed by atoms with E-state index >= 15 is 0 Å². The van der Waals surface area contributed by atoms with E-state index in [4.69, 9.17) is 9.90 Å². The molecule has 0 N–H and O–H groups in total. The van der Waals surface area contributed by atoms with E-state index in [2.05, 4.69) is 0 Å². The lowest BCUT2D eigenvalue weighted by Gasteiger charge is -2.20. The monoisotopic (exact) mass is 554 g/mol. The molecular weight excluding hydrogens is 520 g/mol. The summed E-state index contributed by atoms with van der Waals surface area (Å²) in [7, 11) is 0. The number of benzene rings is 8. The normalized spacial score (nSPS) is 14.3. The minimum absolute atomic E-state index is 0.166. The third-order valence-electron chi connectivity index (χ3n) is 8.29. The fraction of sp³-hybridized carbons (Fsp3) is 0. The molecule has 0 bridgehead atoms.